The minimum Gasteiger partial charge on any atom is -0.358 e. The number of rotatable bonds is 6. The van der Waals surface area contributed by atoms with Crippen LogP contribution in [-0.4, -0.2) is 26.4 Å². The summed E-state index contributed by atoms with van der Waals surface area (Å²) in [4.78, 5) is 15.9. The van der Waals surface area contributed by atoms with Gasteiger partial charge in [0.1, 0.15) is 5.82 Å². The molecule has 0 aliphatic carbocycles. The lowest BCUT2D eigenvalue weighted by atomic mass is 10.1. The van der Waals surface area contributed by atoms with Gasteiger partial charge >= 0.3 is 0 Å². The average Bonchev–Trinajstić information content (AvgIpc) is 3.08. The number of nitrogens with one attached hydrogen (secondary N) is 2. The van der Waals surface area contributed by atoms with Crippen LogP contribution in [0.25, 0.3) is 10.9 Å². The van der Waals surface area contributed by atoms with Gasteiger partial charge < -0.3 is 10.3 Å². The number of aromatic amines is 1. The Morgan fingerprint density at radius 1 is 1.03 bits per heavy atom. The molecule has 0 bridgehead atoms. The van der Waals surface area contributed by atoms with E-state index in [-0.39, 0.29) is 23.0 Å². The monoisotopic (exact) mass is 451 g/mol. The van der Waals surface area contributed by atoms with Gasteiger partial charge in [-0.25, -0.2) is 12.8 Å². The predicted molar refractivity (Wildman–Crippen MR) is 124 cm³/mol. The summed E-state index contributed by atoms with van der Waals surface area (Å²) >= 11 is 0. The third-order valence-electron chi connectivity index (χ3n) is 5.31. The number of sulfonamides is 1. The van der Waals surface area contributed by atoms with Crippen LogP contribution in [0.3, 0.4) is 0 Å². The highest BCUT2D eigenvalue weighted by atomic mass is 32.2. The van der Waals surface area contributed by atoms with Crippen LogP contribution >= 0.6 is 0 Å². The molecule has 0 spiro atoms. The number of halogens is 1. The second kappa shape index (κ2) is 8.47. The molecule has 2 N–H and O–H groups in total. The smallest absolute Gasteiger partial charge is 0.264 e. The number of aryl methyl sites for hydroxylation is 1. The van der Waals surface area contributed by atoms with E-state index in [0.29, 0.717) is 22.3 Å². The van der Waals surface area contributed by atoms with E-state index in [4.69, 9.17) is 0 Å². The van der Waals surface area contributed by atoms with Gasteiger partial charge in [0.15, 0.2) is 0 Å². The van der Waals surface area contributed by atoms with E-state index in [1.807, 2.05) is 13.0 Å². The number of hydrogen-bond acceptors (Lipinski definition) is 3. The number of carbonyl (C=O) groups is 1. The van der Waals surface area contributed by atoms with Crippen molar-refractivity contribution in [2.45, 2.75) is 18.2 Å². The van der Waals surface area contributed by atoms with Crippen LogP contribution in [-0.2, 0) is 21.2 Å². The van der Waals surface area contributed by atoms with Crippen molar-refractivity contribution in [3.05, 3.63) is 89.9 Å². The second-order valence-corrected chi connectivity index (χ2v) is 9.45. The maximum atomic E-state index is 13.7. The average molecular weight is 452 g/mol. The van der Waals surface area contributed by atoms with Gasteiger partial charge in [-0.2, -0.15) is 0 Å². The van der Waals surface area contributed by atoms with Crippen molar-refractivity contribution in [3.63, 3.8) is 0 Å². The fraction of sp³-hybridized carbons (Fsp3) is 0.125. The van der Waals surface area contributed by atoms with Gasteiger partial charge in [-0.05, 0) is 61.0 Å². The maximum absolute atomic E-state index is 13.7. The van der Waals surface area contributed by atoms with Gasteiger partial charge in [-0.1, -0.05) is 24.3 Å². The first-order valence-electron chi connectivity index (χ1n) is 9.96. The standard InChI is InChI=1S/C24H22FN3O3S/c1-16-21(22-13-17(25)11-12-23(22)26-16)15-24(29)27-18-7-6-10-20(14-18)32(30,31)28(2)19-8-4-3-5-9-19/h3-14,26H,15H2,1-2H3,(H,27,29). The van der Waals surface area contributed by atoms with E-state index in [0.717, 1.165) is 11.2 Å². The molecule has 8 heteroatoms. The van der Waals surface area contributed by atoms with Gasteiger partial charge in [0, 0.05) is 29.3 Å². The molecule has 6 nitrogen and oxygen atoms in total. The Morgan fingerprint density at radius 3 is 2.53 bits per heavy atom. The van der Waals surface area contributed by atoms with Crippen LogP contribution in [0.5, 0.6) is 0 Å². The zero-order valence-corrected chi connectivity index (χ0v) is 18.4. The molecule has 0 aliphatic heterocycles. The zero-order chi connectivity index (χ0) is 22.9. The topological polar surface area (TPSA) is 82.3 Å². The summed E-state index contributed by atoms with van der Waals surface area (Å²) < 4.78 is 40.9. The molecular formula is C24H22FN3O3S. The van der Waals surface area contributed by atoms with Crippen LogP contribution in [0.4, 0.5) is 15.8 Å². The van der Waals surface area contributed by atoms with Crippen molar-refractivity contribution >= 4 is 38.2 Å². The van der Waals surface area contributed by atoms with Crippen molar-refractivity contribution in [3.8, 4) is 0 Å². The molecule has 0 fully saturated rings. The number of amides is 1. The lowest BCUT2D eigenvalue weighted by Crippen LogP contribution is -2.26. The Morgan fingerprint density at radius 2 is 1.78 bits per heavy atom. The largest absolute Gasteiger partial charge is 0.358 e. The number of para-hydroxylation sites is 1. The molecule has 0 saturated carbocycles. The molecule has 1 aromatic heterocycles. The van der Waals surface area contributed by atoms with E-state index in [1.54, 1.807) is 42.5 Å². The maximum Gasteiger partial charge on any atom is 0.264 e. The van der Waals surface area contributed by atoms with Crippen molar-refractivity contribution < 1.29 is 17.6 Å². The highest BCUT2D eigenvalue weighted by molar-refractivity contribution is 7.92. The number of H-pyrrole nitrogens is 1. The Balaban J connectivity index is 1.55. The van der Waals surface area contributed by atoms with E-state index in [1.165, 1.54) is 35.6 Å². The Bertz CT molecular complexity index is 1400. The number of nitrogens with zero attached hydrogens (tertiary/aromatic N) is 1. The Kier molecular flexibility index (Phi) is 5.71. The van der Waals surface area contributed by atoms with Gasteiger partial charge in [0.2, 0.25) is 5.91 Å². The Hall–Kier alpha value is -3.65. The lowest BCUT2D eigenvalue weighted by molar-refractivity contribution is -0.115. The van der Waals surface area contributed by atoms with Gasteiger partial charge in [0.05, 0.1) is 17.0 Å². The second-order valence-electron chi connectivity index (χ2n) is 7.48. The van der Waals surface area contributed by atoms with Crippen molar-refractivity contribution in [1.29, 1.82) is 0 Å². The number of fused-ring (bicyclic) bond motifs is 1. The van der Waals surface area contributed by atoms with E-state index < -0.39 is 10.0 Å². The normalized spacial score (nSPS) is 11.5. The molecule has 0 aliphatic rings. The summed E-state index contributed by atoms with van der Waals surface area (Å²) in [6.07, 6.45) is 0.0240. The fourth-order valence-corrected chi connectivity index (χ4v) is 4.86. The third-order valence-corrected chi connectivity index (χ3v) is 7.10. The molecule has 1 amide bonds. The van der Waals surface area contributed by atoms with Crippen molar-refractivity contribution in [2.24, 2.45) is 0 Å². The van der Waals surface area contributed by atoms with E-state index in [2.05, 4.69) is 10.3 Å². The zero-order valence-electron chi connectivity index (χ0n) is 17.6. The first-order valence-corrected chi connectivity index (χ1v) is 11.4. The van der Waals surface area contributed by atoms with Gasteiger partial charge in [0.25, 0.3) is 10.0 Å². The summed E-state index contributed by atoms with van der Waals surface area (Å²) in [6, 6.07) is 19.2. The molecular weight excluding hydrogens is 429 g/mol. The molecule has 3 aromatic carbocycles. The molecule has 1 heterocycles. The number of benzene rings is 3. The Labute approximate surface area is 185 Å². The molecule has 0 atom stereocenters. The summed E-state index contributed by atoms with van der Waals surface area (Å²) in [6.45, 7) is 1.83. The first kappa shape index (κ1) is 21.6. The minimum absolute atomic E-state index is 0.0240. The number of aromatic nitrogens is 1. The molecule has 4 rings (SSSR count). The fourth-order valence-electron chi connectivity index (χ4n) is 3.62. The SMILES string of the molecule is Cc1[nH]c2ccc(F)cc2c1CC(=O)Nc1cccc(S(=O)(=O)N(C)c2ccccc2)c1. The molecule has 4 aromatic rings. The van der Waals surface area contributed by atoms with Crippen molar-refractivity contribution in [1.82, 2.24) is 4.98 Å². The molecule has 164 valence electrons. The molecule has 0 saturated heterocycles. The highest BCUT2D eigenvalue weighted by Gasteiger charge is 2.22. The minimum atomic E-state index is -3.81. The first-order chi connectivity index (χ1) is 15.3. The number of anilines is 2. The summed E-state index contributed by atoms with van der Waals surface area (Å²) in [5.41, 5.74) is 3.13. The quantitative estimate of drug-likeness (QED) is 0.449. The number of carbonyl (C=O) groups excluding carboxylic acids is 1. The molecule has 0 unspecified atom stereocenters. The van der Waals surface area contributed by atoms with Crippen LogP contribution in [0.2, 0.25) is 0 Å². The number of hydrogen-bond donors (Lipinski definition) is 2. The summed E-state index contributed by atoms with van der Waals surface area (Å²) in [5, 5.41) is 3.40. The summed E-state index contributed by atoms with van der Waals surface area (Å²) in [7, 11) is -2.32. The summed E-state index contributed by atoms with van der Waals surface area (Å²) in [5.74, 6) is -0.706. The van der Waals surface area contributed by atoms with Crippen LogP contribution < -0.4 is 9.62 Å². The van der Waals surface area contributed by atoms with Gasteiger partial charge in [-0.3, -0.25) is 9.10 Å². The van der Waals surface area contributed by atoms with Gasteiger partial charge in [-0.15, -0.1) is 0 Å². The van der Waals surface area contributed by atoms with E-state index >= 15 is 0 Å². The highest BCUT2D eigenvalue weighted by Crippen LogP contribution is 2.26. The third kappa shape index (κ3) is 4.22. The lowest BCUT2D eigenvalue weighted by Gasteiger charge is -2.20. The van der Waals surface area contributed by atoms with Crippen LogP contribution in [0, 0.1) is 12.7 Å². The van der Waals surface area contributed by atoms with Crippen LogP contribution in [0.1, 0.15) is 11.3 Å². The molecule has 0 radical (unpaired) electrons. The predicted octanol–water partition coefficient (Wildman–Crippen LogP) is 4.62. The van der Waals surface area contributed by atoms with E-state index in [9.17, 15) is 17.6 Å². The van der Waals surface area contributed by atoms with Crippen LogP contribution in [0.15, 0.2) is 77.7 Å². The molecule has 32 heavy (non-hydrogen) atoms. The van der Waals surface area contributed by atoms with Crippen molar-refractivity contribution in [2.75, 3.05) is 16.7 Å².